The van der Waals surface area contributed by atoms with E-state index in [1.54, 1.807) is 6.20 Å². The fourth-order valence-electron chi connectivity index (χ4n) is 2.57. The summed E-state index contributed by atoms with van der Waals surface area (Å²) in [6, 6.07) is 12.1. The van der Waals surface area contributed by atoms with Crippen LogP contribution in [0.25, 0.3) is 27.5 Å². The lowest BCUT2D eigenvalue weighted by Crippen LogP contribution is -1.96. The molecule has 5 heteroatoms. The predicted octanol–water partition coefficient (Wildman–Crippen LogP) is 4.15. The molecule has 0 saturated carbocycles. The molecule has 0 aliphatic rings. The molecule has 22 heavy (non-hydrogen) atoms. The van der Waals surface area contributed by atoms with E-state index in [0.29, 0.717) is 0 Å². The molecule has 108 valence electrons. The Kier molecular flexibility index (Phi) is 3.16. The third-order valence-corrected chi connectivity index (χ3v) is 3.75. The highest BCUT2D eigenvalue weighted by molar-refractivity contribution is 6.17. The lowest BCUT2D eigenvalue weighted by Gasteiger charge is -2.07. The first-order valence-corrected chi connectivity index (χ1v) is 7.38. The van der Waals surface area contributed by atoms with E-state index in [0.717, 1.165) is 33.2 Å². The number of alkyl halides is 1. The predicted molar refractivity (Wildman–Crippen MR) is 87.7 cm³/mol. The van der Waals surface area contributed by atoms with Crippen molar-refractivity contribution in [3.05, 3.63) is 61.2 Å². The topological polar surface area (TPSA) is 39.9 Å². The summed E-state index contributed by atoms with van der Waals surface area (Å²) in [6.07, 6.45) is 7.48. The van der Waals surface area contributed by atoms with Gasteiger partial charge in [-0.15, -0.1) is 0 Å². The van der Waals surface area contributed by atoms with Gasteiger partial charge in [-0.25, -0.2) is 4.98 Å². The lowest BCUT2D eigenvalue weighted by atomic mass is 10.1. The number of ether oxygens (including phenoxy) is 1. The highest BCUT2D eigenvalue weighted by Gasteiger charge is 2.06. The second-order valence-electron chi connectivity index (χ2n) is 4.93. The van der Waals surface area contributed by atoms with Crippen LogP contribution in [-0.2, 0) is 0 Å². The summed E-state index contributed by atoms with van der Waals surface area (Å²) in [5.74, 6) is 1.61. The first-order chi connectivity index (χ1) is 10.8. The average Bonchev–Trinajstić information content (AvgIpc) is 2.99. The summed E-state index contributed by atoms with van der Waals surface area (Å²) in [5.41, 5.74) is 1.04. The third kappa shape index (κ3) is 2.18. The zero-order valence-corrected chi connectivity index (χ0v) is 12.4. The number of halogens is 1. The van der Waals surface area contributed by atoms with Gasteiger partial charge in [-0.2, -0.15) is 0 Å². The van der Waals surface area contributed by atoms with E-state index in [9.17, 15) is 0 Å². The average molecular weight is 310 g/mol. The maximum Gasteiger partial charge on any atom is 0.162 e. The molecule has 3 aromatic heterocycles. The molecule has 0 N–H and O–H groups in total. The van der Waals surface area contributed by atoms with Gasteiger partial charge in [-0.1, -0.05) is 17.7 Å². The van der Waals surface area contributed by atoms with Crippen molar-refractivity contribution in [3.8, 4) is 11.6 Å². The van der Waals surface area contributed by atoms with Gasteiger partial charge in [0, 0.05) is 29.4 Å². The number of fused-ring (bicyclic) bond motifs is 2. The van der Waals surface area contributed by atoms with Gasteiger partial charge in [-0.3, -0.25) is 9.55 Å². The highest BCUT2D eigenvalue weighted by Crippen LogP contribution is 2.24. The Hall–Kier alpha value is -2.59. The SMILES string of the molecule is ClCOc1ccc2cc(-n3ccc4ccncc43)ncc2c1. The van der Waals surface area contributed by atoms with Gasteiger partial charge in [0.2, 0.25) is 0 Å². The Labute approximate surface area is 131 Å². The molecule has 0 aliphatic carbocycles. The van der Waals surface area contributed by atoms with Crippen molar-refractivity contribution in [2.24, 2.45) is 0 Å². The standard InChI is InChI=1S/C17H12ClN3O/c18-11-22-15-2-1-13-8-17(20-9-14(13)7-15)21-6-4-12-3-5-19-10-16(12)21/h1-10H,11H2. The zero-order chi connectivity index (χ0) is 14.9. The van der Waals surface area contributed by atoms with Crippen LogP contribution >= 0.6 is 11.6 Å². The van der Waals surface area contributed by atoms with Crippen LogP contribution in [0.5, 0.6) is 5.75 Å². The van der Waals surface area contributed by atoms with Crippen LogP contribution in [0.4, 0.5) is 0 Å². The van der Waals surface area contributed by atoms with Gasteiger partial charge in [0.25, 0.3) is 0 Å². The van der Waals surface area contributed by atoms with Crippen LogP contribution < -0.4 is 4.74 Å². The van der Waals surface area contributed by atoms with E-state index in [4.69, 9.17) is 16.3 Å². The molecule has 0 atom stereocenters. The second kappa shape index (κ2) is 5.31. The molecule has 4 nitrogen and oxygen atoms in total. The molecule has 0 aliphatic heterocycles. The van der Waals surface area contributed by atoms with E-state index in [2.05, 4.69) is 16.0 Å². The number of nitrogens with zero attached hydrogens (tertiary/aromatic N) is 3. The smallest absolute Gasteiger partial charge is 0.162 e. The molecule has 0 radical (unpaired) electrons. The van der Waals surface area contributed by atoms with Crippen LogP contribution in [0.1, 0.15) is 0 Å². The molecule has 4 aromatic rings. The van der Waals surface area contributed by atoms with Crippen LogP contribution in [-0.4, -0.2) is 20.6 Å². The van der Waals surface area contributed by atoms with Gasteiger partial charge in [0.15, 0.2) is 6.07 Å². The van der Waals surface area contributed by atoms with Crippen molar-refractivity contribution in [2.45, 2.75) is 0 Å². The Balaban J connectivity index is 1.84. The summed E-state index contributed by atoms with van der Waals surface area (Å²) in [4.78, 5) is 8.74. The lowest BCUT2D eigenvalue weighted by molar-refractivity contribution is 0.388. The van der Waals surface area contributed by atoms with Crippen LogP contribution in [0.2, 0.25) is 0 Å². The van der Waals surface area contributed by atoms with Crippen molar-refractivity contribution in [1.29, 1.82) is 0 Å². The van der Waals surface area contributed by atoms with E-state index in [1.165, 1.54) is 0 Å². The number of hydrogen-bond acceptors (Lipinski definition) is 3. The van der Waals surface area contributed by atoms with Crippen molar-refractivity contribution < 1.29 is 4.74 Å². The van der Waals surface area contributed by atoms with Gasteiger partial charge in [0.05, 0.1) is 11.7 Å². The van der Waals surface area contributed by atoms with Crippen molar-refractivity contribution in [2.75, 3.05) is 6.07 Å². The van der Waals surface area contributed by atoms with Gasteiger partial charge >= 0.3 is 0 Å². The van der Waals surface area contributed by atoms with Crippen LogP contribution in [0.15, 0.2) is 61.2 Å². The molecular formula is C17H12ClN3O. The minimum Gasteiger partial charge on any atom is -0.478 e. The van der Waals surface area contributed by atoms with Gasteiger partial charge in [-0.05, 0) is 35.7 Å². The maximum atomic E-state index is 5.59. The van der Waals surface area contributed by atoms with E-state index >= 15 is 0 Å². The van der Waals surface area contributed by atoms with E-state index in [1.807, 2.05) is 53.5 Å². The van der Waals surface area contributed by atoms with Crippen molar-refractivity contribution in [1.82, 2.24) is 14.5 Å². The van der Waals surface area contributed by atoms with Crippen LogP contribution in [0.3, 0.4) is 0 Å². The number of aromatic nitrogens is 3. The maximum absolute atomic E-state index is 5.59. The molecule has 0 amide bonds. The monoisotopic (exact) mass is 309 g/mol. The summed E-state index contributed by atoms with van der Waals surface area (Å²) in [6.45, 7) is 0. The minimum atomic E-state index is 0.138. The quantitative estimate of drug-likeness (QED) is 0.534. The molecule has 0 unspecified atom stereocenters. The minimum absolute atomic E-state index is 0.138. The molecular weight excluding hydrogens is 298 g/mol. The fraction of sp³-hybridized carbons (Fsp3) is 0.0588. The molecule has 0 spiro atoms. The van der Waals surface area contributed by atoms with Crippen molar-refractivity contribution >= 4 is 33.3 Å². The third-order valence-electron chi connectivity index (χ3n) is 3.64. The summed E-state index contributed by atoms with van der Waals surface area (Å²) < 4.78 is 7.33. The Bertz CT molecular complexity index is 964. The number of pyridine rings is 2. The molecule has 3 heterocycles. The molecule has 1 aromatic carbocycles. The van der Waals surface area contributed by atoms with Gasteiger partial charge < -0.3 is 4.74 Å². The fourth-order valence-corrected chi connectivity index (χ4v) is 2.69. The summed E-state index contributed by atoms with van der Waals surface area (Å²) in [7, 11) is 0. The van der Waals surface area contributed by atoms with E-state index < -0.39 is 0 Å². The second-order valence-corrected chi connectivity index (χ2v) is 5.14. The number of rotatable bonds is 3. The Morgan fingerprint density at radius 2 is 1.95 bits per heavy atom. The Morgan fingerprint density at radius 3 is 2.86 bits per heavy atom. The highest BCUT2D eigenvalue weighted by atomic mass is 35.5. The molecule has 0 fully saturated rings. The van der Waals surface area contributed by atoms with Gasteiger partial charge in [0.1, 0.15) is 11.6 Å². The summed E-state index contributed by atoms with van der Waals surface area (Å²) in [5, 5.41) is 3.25. The molecule has 0 saturated heterocycles. The molecule has 4 rings (SSSR count). The molecule has 0 bridgehead atoms. The normalized spacial score (nSPS) is 11.1. The first-order valence-electron chi connectivity index (χ1n) is 6.85. The largest absolute Gasteiger partial charge is 0.478 e. The zero-order valence-electron chi connectivity index (χ0n) is 11.6. The van der Waals surface area contributed by atoms with Crippen molar-refractivity contribution in [3.63, 3.8) is 0 Å². The number of benzene rings is 1. The summed E-state index contributed by atoms with van der Waals surface area (Å²) >= 11 is 5.59. The number of hydrogen-bond donors (Lipinski definition) is 0. The Morgan fingerprint density at radius 1 is 1.00 bits per heavy atom. The van der Waals surface area contributed by atoms with E-state index in [-0.39, 0.29) is 6.07 Å². The van der Waals surface area contributed by atoms with Crippen LogP contribution in [0, 0.1) is 0 Å². The first kappa shape index (κ1) is 13.1.